The summed E-state index contributed by atoms with van der Waals surface area (Å²) in [6.45, 7) is 7.75. The first-order valence-corrected chi connectivity index (χ1v) is 9.33. The fourth-order valence-corrected chi connectivity index (χ4v) is 3.14. The molecule has 0 saturated heterocycles. The first kappa shape index (κ1) is 18.7. The van der Waals surface area contributed by atoms with E-state index in [1.54, 1.807) is 0 Å². The third-order valence-corrected chi connectivity index (χ3v) is 4.52. The topological polar surface area (TPSA) is 90.4 Å². The Labute approximate surface area is 167 Å². The van der Waals surface area contributed by atoms with Crippen molar-refractivity contribution in [1.29, 1.82) is 0 Å². The summed E-state index contributed by atoms with van der Waals surface area (Å²) in [5, 5.41) is 11.4. The Kier molecular flexibility index (Phi) is 4.80. The van der Waals surface area contributed by atoms with Gasteiger partial charge in [-0.15, -0.1) is 0 Å². The number of fused-ring (bicyclic) bond motifs is 1. The van der Waals surface area contributed by atoms with Crippen LogP contribution in [0.3, 0.4) is 0 Å². The van der Waals surface area contributed by atoms with Crippen molar-refractivity contribution in [2.75, 3.05) is 5.32 Å². The van der Waals surface area contributed by atoms with Crippen LogP contribution in [0.25, 0.3) is 22.2 Å². The summed E-state index contributed by atoms with van der Waals surface area (Å²) in [4.78, 5) is 12.8. The molecular weight excluding hydrogens is 370 g/mol. The van der Waals surface area contributed by atoms with Gasteiger partial charge in [-0.25, -0.2) is 4.63 Å². The second-order valence-corrected chi connectivity index (χ2v) is 7.16. The Morgan fingerprint density at radius 1 is 1.07 bits per heavy atom. The number of rotatable bonds is 5. The molecule has 4 aromatic rings. The van der Waals surface area contributed by atoms with E-state index in [1.165, 1.54) is 0 Å². The van der Waals surface area contributed by atoms with Crippen molar-refractivity contribution in [3.63, 3.8) is 0 Å². The lowest BCUT2D eigenvalue weighted by Crippen LogP contribution is -2.13. The number of furan rings is 1. The Morgan fingerprint density at radius 2 is 1.83 bits per heavy atom. The molecule has 0 saturated carbocycles. The van der Waals surface area contributed by atoms with E-state index in [1.807, 2.05) is 70.2 Å². The molecule has 1 amide bonds. The fourth-order valence-electron chi connectivity index (χ4n) is 3.14. The van der Waals surface area contributed by atoms with Crippen LogP contribution >= 0.6 is 0 Å². The number of hydrogen-bond acceptors (Lipinski definition) is 6. The molecule has 0 unspecified atom stereocenters. The van der Waals surface area contributed by atoms with Crippen molar-refractivity contribution < 1.29 is 18.6 Å². The van der Waals surface area contributed by atoms with E-state index in [0.717, 1.165) is 27.8 Å². The van der Waals surface area contributed by atoms with Gasteiger partial charge in [-0.3, -0.25) is 10.1 Å². The minimum Gasteiger partial charge on any atom is -0.491 e. The maximum absolute atomic E-state index is 12.8. The highest BCUT2D eigenvalue weighted by atomic mass is 16.6. The van der Waals surface area contributed by atoms with Crippen molar-refractivity contribution in [2.24, 2.45) is 0 Å². The number of nitrogens with zero attached hydrogens (tertiary/aromatic N) is 2. The summed E-state index contributed by atoms with van der Waals surface area (Å²) < 4.78 is 16.3. The summed E-state index contributed by atoms with van der Waals surface area (Å²) in [6.07, 6.45) is 0.0836. The van der Waals surface area contributed by atoms with Gasteiger partial charge in [-0.1, -0.05) is 12.1 Å². The molecule has 148 valence electrons. The van der Waals surface area contributed by atoms with E-state index in [2.05, 4.69) is 15.6 Å². The lowest BCUT2D eigenvalue weighted by atomic mass is 10.1. The third kappa shape index (κ3) is 3.71. The zero-order valence-electron chi connectivity index (χ0n) is 16.6. The number of anilines is 1. The zero-order chi connectivity index (χ0) is 20.5. The van der Waals surface area contributed by atoms with E-state index in [-0.39, 0.29) is 17.7 Å². The molecule has 0 aliphatic carbocycles. The van der Waals surface area contributed by atoms with Gasteiger partial charge in [0, 0.05) is 16.5 Å². The molecule has 1 N–H and O–H groups in total. The van der Waals surface area contributed by atoms with Gasteiger partial charge in [0.1, 0.15) is 11.3 Å². The molecule has 2 heterocycles. The quantitative estimate of drug-likeness (QED) is 0.507. The number of hydrogen-bond donors (Lipinski definition) is 1. The van der Waals surface area contributed by atoms with Gasteiger partial charge in [0.2, 0.25) is 5.82 Å². The van der Waals surface area contributed by atoms with Crippen molar-refractivity contribution in [1.82, 2.24) is 10.3 Å². The average Bonchev–Trinajstić information content (AvgIpc) is 3.26. The highest BCUT2D eigenvalue weighted by Crippen LogP contribution is 2.29. The van der Waals surface area contributed by atoms with Gasteiger partial charge in [-0.2, -0.15) is 0 Å². The number of aryl methyl sites for hydroxylation is 2. The first-order chi connectivity index (χ1) is 13.9. The highest BCUT2D eigenvalue weighted by Gasteiger charge is 2.21. The second kappa shape index (κ2) is 7.43. The number of nitrogens with one attached hydrogen (secondary N) is 1. The van der Waals surface area contributed by atoms with Gasteiger partial charge >= 0.3 is 0 Å². The first-order valence-electron chi connectivity index (χ1n) is 9.33. The summed E-state index contributed by atoms with van der Waals surface area (Å²) in [5.74, 6) is 0.802. The summed E-state index contributed by atoms with van der Waals surface area (Å²) in [6, 6.07) is 13.2. The van der Waals surface area contributed by atoms with Crippen LogP contribution in [0, 0.1) is 13.8 Å². The molecule has 2 aromatic heterocycles. The van der Waals surface area contributed by atoms with Gasteiger partial charge in [0.05, 0.1) is 6.10 Å². The monoisotopic (exact) mass is 391 g/mol. The summed E-state index contributed by atoms with van der Waals surface area (Å²) in [5.41, 5.74) is 3.68. The predicted octanol–water partition coefficient (Wildman–Crippen LogP) is 5.14. The number of amides is 1. The lowest BCUT2D eigenvalue weighted by molar-refractivity contribution is 0.0997. The van der Waals surface area contributed by atoms with Crippen LogP contribution < -0.4 is 10.1 Å². The molecule has 0 bridgehead atoms. The zero-order valence-corrected chi connectivity index (χ0v) is 16.6. The van der Waals surface area contributed by atoms with Crippen LogP contribution in [0.5, 0.6) is 5.75 Å². The van der Waals surface area contributed by atoms with E-state index in [4.69, 9.17) is 13.8 Å². The Balaban J connectivity index is 1.59. The maximum atomic E-state index is 12.8. The molecule has 2 aromatic carbocycles. The van der Waals surface area contributed by atoms with Crippen LogP contribution in [0.2, 0.25) is 0 Å². The smallest absolute Gasteiger partial charge is 0.292 e. The third-order valence-electron chi connectivity index (χ3n) is 4.52. The Morgan fingerprint density at radius 3 is 2.55 bits per heavy atom. The molecule has 0 radical (unpaired) electrons. The number of ether oxygens (including phenoxy) is 1. The molecule has 0 fully saturated rings. The van der Waals surface area contributed by atoms with E-state index in [9.17, 15) is 4.79 Å². The van der Waals surface area contributed by atoms with Crippen LogP contribution in [0.15, 0.2) is 51.5 Å². The lowest BCUT2D eigenvalue weighted by Gasteiger charge is -2.09. The maximum Gasteiger partial charge on any atom is 0.292 e. The van der Waals surface area contributed by atoms with Crippen molar-refractivity contribution in [3.05, 3.63) is 59.4 Å². The minimum absolute atomic E-state index is 0.0836. The fraction of sp³-hybridized carbons (Fsp3) is 0.227. The summed E-state index contributed by atoms with van der Waals surface area (Å²) >= 11 is 0. The van der Waals surface area contributed by atoms with Crippen LogP contribution in [0.4, 0.5) is 5.82 Å². The second-order valence-electron chi connectivity index (χ2n) is 7.16. The molecule has 7 nitrogen and oxygen atoms in total. The standard InChI is InChI=1S/C22H21N3O4/c1-12(2)27-16-8-6-15(7-9-16)19-21(25-29-24-19)23-22(26)20-14(4)17-10-5-13(3)11-18(17)28-20/h5-12H,1-4H3,(H,23,25,26). The van der Waals surface area contributed by atoms with Gasteiger partial charge in [-0.05, 0) is 73.9 Å². The average molecular weight is 391 g/mol. The minimum atomic E-state index is -0.409. The van der Waals surface area contributed by atoms with E-state index in [0.29, 0.717) is 11.3 Å². The molecule has 0 atom stereocenters. The molecule has 0 aliphatic rings. The van der Waals surface area contributed by atoms with Crippen LogP contribution in [0.1, 0.15) is 35.5 Å². The predicted molar refractivity (Wildman–Crippen MR) is 109 cm³/mol. The highest BCUT2D eigenvalue weighted by molar-refractivity contribution is 6.07. The van der Waals surface area contributed by atoms with Crippen molar-refractivity contribution in [2.45, 2.75) is 33.8 Å². The van der Waals surface area contributed by atoms with Gasteiger partial charge in [0.15, 0.2) is 11.5 Å². The van der Waals surface area contributed by atoms with Gasteiger partial charge < -0.3 is 9.15 Å². The molecule has 29 heavy (non-hydrogen) atoms. The van der Waals surface area contributed by atoms with Gasteiger partial charge in [0.25, 0.3) is 5.91 Å². The normalized spacial score (nSPS) is 11.2. The molecule has 4 rings (SSSR count). The summed E-state index contributed by atoms with van der Waals surface area (Å²) in [7, 11) is 0. The number of benzene rings is 2. The molecular formula is C22H21N3O4. The number of carbonyl (C=O) groups is 1. The Hall–Kier alpha value is -3.61. The number of carbonyl (C=O) groups excluding carboxylic acids is 1. The van der Waals surface area contributed by atoms with E-state index >= 15 is 0 Å². The molecule has 7 heteroatoms. The van der Waals surface area contributed by atoms with Crippen molar-refractivity contribution in [3.8, 4) is 17.0 Å². The van der Waals surface area contributed by atoms with E-state index < -0.39 is 5.91 Å². The molecule has 0 spiro atoms. The Bertz CT molecular complexity index is 1170. The van der Waals surface area contributed by atoms with Crippen LogP contribution in [-0.4, -0.2) is 22.3 Å². The largest absolute Gasteiger partial charge is 0.491 e. The van der Waals surface area contributed by atoms with Crippen LogP contribution in [-0.2, 0) is 0 Å². The SMILES string of the molecule is Cc1ccc2c(C)c(C(=O)Nc3nonc3-c3ccc(OC(C)C)cc3)oc2c1. The molecule has 0 aliphatic heterocycles. The number of aromatic nitrogens is 2. The van der Waals surface area contributed by atoms with Crippen molar-refractivity contribution >= 4 is 22.7 Å².